The van der Waals surface area contributed by atoms with Crippen molar-refractivity contribution in [3.05, 3.63) is 32.9 Å². The van der Waals surface area contributed by atoms with Crippen LogP contribution < -0.4 is 4.87 Å². The lowest BCUT2D eigenvalue weighted by atomic mass is 10.3. The second-order valence-corrected chi connectivity index (χ2v) is 5.96. The molecule has 0 unspecified atom stereocenters. The molecular weight excluding hydrogens is 300 g/mol. The number of rotatable bonds is 5. The van der Waals surface area contributed by atoms with Crippen LogP contribution in [0.5, 0.6) is 0 Å². The number of hydrogen-bond acceptors (Lipinski definition) is 5. The molecule has 2 rings (SSSR count). The summed E-state index contributed by atoms with van der Waals surface area (Å²) in [5.74, 6) is -0.437. The van der Waals surface area contributed by atoms with E-state index < -0.39 is 5.97 Å². The quantitative estimate of drug-likeness (QED) is 0.790. The molecule has 0 fully saturated rings. The van der Waals surface area contributed by atoms with Crippen molar-refractivity contribution < 1.29 is 9.53 Å². The minimum Gasteiger partial charge on any atom is -0.463 e. The van der Waals surface area contributed by atoms with Crippen LogP contribution in [-0.4, -0.2) is 42.7 Å². The number of hydrogen-bond donors (Lipinski definition) is 0. The average molecular weight is 315 g/mol. The molecule has 5 nitrogen and oxygen atoms in total. The lowest BCUT2D eigenvalue weighted by Crippen LogP contribution is -2.24. The van der Waals surface area contributed by atoms with Crippen molar-refractivity contribution >= 4 is 39.1 Å². The average Bonchev–Trinajstić information content (AvgIpc) is 2.66. The molecule has 0 atom stereocenters. The monoisotopic (exact) mass is 314 g/mol. The summed E-state index contributed by atoms with van der Waals surface area (Å²) in [6.45, 7) is 0.832. The Bertz CT molecular complexity index is 678. The zero-order valence-corrected chi connectivity index (χ0v) is 12.8. The molecule has 0 aliphatic heterocycles. The van der Waals surface area contributed by atoms with Crippen molar-refractivity contribution in [3.63, 3.8) is 0 Å². The van der Waals surface area contributed by atoms with Crippen molar-refractivity contribution in [2.75, 3.05) is 27.2 Å². The van der Waals surface area contributed by atoms with Crippen LogP contribution >= 0.6 is 22.9 Å². The molecule has 1 aromatic carbocycles. The minimum atomic E-state index is -0.437. The molecule has 0 amide bonds. The summed E-state index contributed by atoms with van der Waals surface area (Å²) < 4.78 is 7.22. The van der Waals surface area contributed by atoms with Gasteiger partial charge in [-0.1, -0.05) is 29.0 Å². The highest BCUT2D eigenvalue weighted by Crippen LogP contribution is 2.25. The Morgan fingerprint density at radius 1 is 1.45 bits per heavy atom. The molecule has 0 radical (unpaired) electrons. The van der Waals surface area contributed by atoms with Gasteiger partial charge in [0.25, 0.3) is 0 Å². The maximum atomic E-state index is 11.9. The Hall–Kier alpha value is -1.37. The van der Waals surface area contributed by atoms with E-state index in [0.29, 0.717) is 23.7 Å². The van der Waals surface area contributed by atoms with Crippen LogP contribution in [0.2, 0.25) is 5.02 Å². The molecule has 2 aromatic rings. The molecule has 0 saturated carbocycles. The van der Waals surface area contributed by atoms with Crippen LogP contribution in [0.15, 0.2) is 23.0 Å². The number of para-hydroxylation sites is 1. The van der Waals surface area contributed by atoms with E-state index in [0.717, 1.165) is 16.0 Å². The van der Waals surface area contributed by atoms with E-state index in [2.05, 4.69) is 0 Å². The number of aromatic nitrogens is 1. The van der Waals surface area contributed by atoms with Gasteiger partial charge in [-0.15, -0.1) is 0 Å². The van der Waals surface area contributed by atoms with Crippen LogP contribution in [0.25, 0.3) is 10.2 Å². The molecule has 20 heavy (non-hydrogen) atoms. The van der Waals surface area contributed by atoms with E-state index in [4.69, 9.17) is 16.3 Å². The van der Waals surface area contributed by atoms with Crippen LogP contribution in [0, 0.1) is 0 Å². The number of esters is 1. The first-order chi connectivity index (χ1) is 9.49. The van der Waals surface area contributed by atoms with Crippen LogP contribution in [0.1, 0.15) is 0 Å². The van der Waals surface area contributed by atoms with E-state index in [1.807, 2.05) is 19.0 Å². The standard InChI is InChI=1S/C13H15ClN2O3S/c1-15(2)6-7-19-11(17)8-16-12-9(14)4-3-5-10(12)20-13(16)18/h3-5H,6-8H2,1-2H3. The SMILES string of the molecule is CN(C)CCOC(=O)Cn1c(=O)sc2cccc(Cl)c21. The largest absolute Gasteiger partial charge is 0.463 e. The second kappa shape index (κ2) is 6.39. The van der Waals surface area contributed by atoms with Gasteiger partial charge >= 0.3 is 10.8 Å². The van der Waals surface area contributed by atoms with Crippen molar-refractivity contribution in [1.82, 2.24) is 9.47 Å². The third-order valence-electron chi connectivity index (χ3n) is 2.73. The molecule has 0 aliphatic carbocycles. The number of benzene rings is 1. The minimum absolute atomic E-state index is 0.115. The summed E-state index contributed by atoms with van der Waals surface area (Å²) >= 11 is 7.16. The molecule has 0 saturated heterocycles. The van der Waals surface area contributed by atoms with Crippen molar-refractivity contribution in [3.8, 4) is 0 Å². The number of ether oxygens (including phenoxy) is 1. The van der Waals surface area contributed by atoms with E-state index in [1.54, 1.807) is 18.2 Å². The molecule has 7 heteroatoms. The molecule has 1 aromatic heterocycles. The van der Waals surface area contributed by atoms with Crippen molar-refractivity contribution in [2.45, 2.75) is 6.54 Å². The molecule has 1 heterocycles. The van der Waals surface area contributed by atoms with Crippen LogP contribution in [-0.2, 0) is 16.1 Å². The maximum absolute atomic E-state index is 11.9. The number of carbonyl (C=O) groups excluding carboxylic acids is 1. The first-order valence-corrected chi connectivity index (χ1v) is 7.26. The Morgan fingerprint density at radius 2 is 2.20 bits per heavy atom. The van der Waals surface area contributed by atoms with E-state index >= 15 is 0 Å². The number of carbonyl (C=O) groups is 1. The van der Waals surface area contributed by atoms with Gasteiger partial charge in [-0.05, 0) is 26.2 Å². The second-order valence-electron chi connectivity index (χ2n) is 4.56. The molecule has 0 N–H and O–H groups in total. The summed E-state index contributed by atoms with van der Waals surface area (Å²) in [4.78, 5) is 25.4. The molecule has 0 aliphatic rings. The smallest absolute Gasteiger partial charge is 0.326 e. The van der Waals surface area contributed by atoms with Crippen molar-refractivity contribution in [2.24, 2.45) is 0 Å². The highest BCUT2D eigenvalue weighted by Gasteiger charge is 2.14. The normalized spacial score (nSPS) is 11.2. The van der Waals surface area contributed by atoms with Gasteiger partial charge in [-0.3, -0.25) is 14.2 Å². The summed E-state index contributed by atoms with van der Waals surface area (Å²) in [7, 11) is 3.79. The van der Waals surface area contributed by atoms with Gasteiger partial charge in [-0.25, -0.2) is 0 Å². The lowest BCUT2D eigenvalue weighted by Gasteiger charge is -2.10. The number of fused-ring (bicyclic) bond motifs is 1. The predicted molar refractivity (Wildman–Crippen MR) is 80.6 cm³/mol. The number of likely N-dealkylation sites (N-methyl/N-ethyl adjacent to an activating group) is 1. The van der Waals surface area contributed by atoms with Gasteiger partial charge in [0.15, 0.2) is 0 Å². The van der Waals surface area contributed by atoms with E-state index in [1.165, 1.54) is 4.57 Å². The topological polar surface area (TPSA) is 51.5 Å². The molecule has 0 spiro atoms. The maximum Gasteiger partial charge on any atom is 0.326 e. The fraction of sp³-hybridized carbons (Fsp3) is 0.385. The summed E-state index contributed by atoms with van der Waals surface area (Å²) in [6.07, 6.45) is 0. The number of nitrogens with zero attached hydrogens (tertiary/aromatic N) is 2. The first-order valence-electron chi connectivity index (χ1n) is 6.07. The van der Waals surface area contributed by atoms with Gasteiger partial charge in [0, 0.05) is 6.54 Å². The van der Waals surface area contributed by atoms with Crippen LogP contribution in [0.4, 0.5) is 0 Å². The zero-order chi connectivity index (χ0) is 14.7. The first kappa shape index (κ1) is 15.0. The third-order valence-corrected chi connectivity index (χ3v) is 3.98. The van der Waals surface area contributed by atoms with Gasteiger partial charge in [0.2, 0.25) is 0 Å². The fourth-order valence-corrected chi connectivity index (χ4v) is 2.99. The fourth-order valence-electron chi connectivity index (χ4n) is 1.74. The Balaban J connectivity index is 2.15. The Kier molecular flexibility index (Phi) is 4.80. The van der Waals surface area contributed by atoms with Gasteiger partial charge in [0.1, 0.15) is 13.2 Å². The Labute approximate surface area is 125 Å². The van der Waals surface area contributed by atoms with Gasteiger partial charge in [0.05, 0.1) is 15.2 Å². The summed E-state index contributed by atoms with van der Waals surface area (Å²) in [6, 6.07) is 5.28. The highest BCUT2D eigenvalue weighted by molar-refractivity contribution is 7.16. The third kappa shape index (κ3) is 3.39. The predicted octanol–water partition coefficient (Wildman–Crippen LogP) is 1.82. The van der Waals surface area contributed by atoms with Crippen molar-refractivity contribution in [1.29, 1.82) is 0 Å². The number of halogens is 1. The summed E-state index contributed by atoms with van der Waals surface area (Å²) in [5, 5.41) is 0.460. The summed E-state index contributed by atoms with van der Waals surface area (Å²) in [5.41, 5.74) is 0.591. The molecule has 0 bridgehead atoms. The highest BCUT2D eigenvalue weighted by atomic mass is 35.5. The van der Waals surface area contributed by atoms with Gasteiger partial charge < -0.3 is 9.64 Å². The van der Waals surface area contributed by atoms with E-state index in [-0.39, 0.29) is 11.4 Å². The number of thiazole rings is 1. The lowest BCUT2D eigenvalue weighted by molar-refractivity contribution is -0.144. The Morgan fingerprint density at radius 3 is 2.90 bits per heavy atom. The van der Waals surface area contributed by atoms with E-state index in [9.17, 15) is 9.59 Å². The molecule has 108 valence electrons. The van der Waals surface area contributed by atoms with Crippen LogP contribution in [0.3, 0.4) is 0 Å². The zero-order valence-electron chi connectivity index (χ0n) is 11.3. The van der Waals surface area contributed by atoms with Gasteiger partial charge in [-0.2, -0.15) is 0 Å². The molecular formula is C13H15ClN2O3S.